The van der Waals surface area contributed by atoms with Crippen LogP contribution in [-0.2, 0) is 6.54 Å². The summed E-state index contributed by atoms with van der Waals surface area (Å²) in [6.07, 6.45) is 3.30. The highest BCUT2D eigenvalue weighted by molar-refractivity contribution is 5.93. The van der Waals surface area contributed by atoms with Gasteiger partial charge in [0.15, 0.2) is 0 Å². The van der Waals surface area contributed by atoms with Crippen molar-refractivity contribution in [2.45, 2.75) is 6.54 Å². The average Bonchev–Trinajstić information content (AvgIpc) is 2.80. The van der Waals surface area contributed by atoms with E-state index in [1.165, 1.54) is 0 Å². The van der Waals surface area contributed by atoms with Crippen LogP contribution in [0.4, 0.5) is 11.4 Å². The van der Waals surface area contributed by atoms with Gasteiger partial charge in [-0.25, -0.2) is 0 Å². The third-order valence-electron chi connectivity index (χ3n) is 4.27. The summed E-state index contributed by atoms with van der Waals surface area (Å²) in [7, 11) is 0. The molecule has 0 saturated heterocycles. The summed E-state index contributed by atoms with van der Waals surface area (Å²) in [6.45, 7) is 0.349. The molecule has 6 nitrogen and oxygen atoms in total. The fraction of sp³-hybridized carbons (Fsp3) is 0.0417. The van der Waals surface area contributed by atoms with Crippen molar-refractivity contribution in [3.05, 3.63) is 109 Å². The van der Waals surface area contributed by atoms with Gasteiger partial charge >= 0.3 is 0 Å². The highest BCUT2D eigenvalue weighted by atomic mass is 16.5. The number of benzene rings is 2. The number of nitrogens with zero attached hydrogens (tertiary/aromatic N) is 2. The molecule has 0 radical (unpaired) electrons. The summed E-state index contributed by atoms with van der Waals surface area (Å²) in [5.74, 6) is 1.28. The zero-order chi connectivity index (χ0) is 20.6. The van der Waals surface area contributed by atoms with Crippen LogP contribution >= 0.6 is 0 Å². The van der Waals surface area contributed by atoms with Crippen LogP contribution in [0.1, 0.15) is 16.2 Å². The quantitative estimate of drug-likeness (QED) is 0.463. The smallest absolute Gasteiger partial charge is 0.270 e. The maximum absolute atomic E-state index is 12.4. The van der Waals surface area contributed by atoms with Crippen molar-refractivity contribution in [1.82, 2.24) is 15.3 Å². The van der Waals surface area contributed by atoms with E-state index in [4.69, 9.17) is 4.74 Å². The molecular formula is C24H20N4O2. The van der Waals surface area contributed by atoms with E-state index in [0.717, 1.165) is 28.6 Å². The third kappa shape index (κ3) is 5.20. The molecule has 2 aromatic heterocycles. The first-order valence-corrected chi connectivity index (χ1v) is 9.50. The summed E-state index contributed by atoms with van der Waals surface area (Å²) < 4.78 is 5.80. The van der Waals surface area contributed by atoms with Crippen LogP contribution in [0.25, 0.3) is 0 Å². The number of carbonyl (C=O) groups excluding carboxylic acids is 1. The van der Waals surface area contributed by atoms with Gasteiger partial charge in [0.05, 0.1) is 12.2 Å². The number of hydrogen-bond donors (Lipinski definition) is 2. The van der Waals surface area contributed by atoms with Gasteiger partial charge in [0, 0.05) is 23.8 Å². The van der Waals surface area contributed by atoms with Crippen molar-refractivity contribution < 1.29 is 9.53 Å². The van der Waals surface area contributed by atoms with E-state index < -0.39 is 0 Å². The first-order valence-electron chi connectivity index (χ1n) is 9.50. The Morgan fingerprint density at radius 3 is 2.30 bits per heavy atom. The molecule has 0 aliphatic carbocycles. The van der Waals surface area contributed by atoms with Gasteiger partial charge in [0.25, 0.3) is 5.91 Å². The Hall–Kier alpha value is -4.19. The lowest BCUT2D eigenvalue weighted by Crippen LogP contribution is -2.24. The number of amides is 1. The monoisotopic (exact) mass is 396 g/mol. The Morgan fingerprint density at radius 1 is 0.767 bits per heavy atom. The molecule has 0 saturated carbocycles. The molecule has 2 aromatic carbocycles. The van der Waals surface area contributed by atoms with Gasteiger partial charge in [0.2, 0.25) is 0 Å². The minimum absolute atomic E-state index is 0.254. The molecule has 0 fully saturated rings. The Bertz CT molecular complexity index is 1100. The average molecular weight is 396 g/mol. The highest BCUT2D eigenvalue weighted by Gasteiger charge is 2.08. The summed E-state index contributed by atoms with van der Waals surface area (Å²) in [5.41, 5.74) is 2.77. The van der Waals surface area contributed by atoms with Crippen molar-refractivity contribution in [2.24, 2.45) is 0 Å². The van der Waals surface area contributed by atoms with E-state index in [1.807, 2.05) is 78.9 Å². The third-order valence-corrected chi connectivity index (χ3v) is 4.27. The van der Waals surface area contributed by atoms with Crippen LogP contribution in [0, 0.1) is 0 Å². The fourth-order valence-electron chi connectivity index (χ4n) is 2.79. The van der Waals surface area contributed by atoms with E-state index in [1.54, 1.807) is 18.5 Å². The molecule has 0 unspecified atom stereocenters. The number of aromatic nitrogens is 2. The van der Waals surface area contributed by atoms with Crippen LogP contribution in [0.3, 0.4) is 0 Å². The molecule has 148 valence electrons. The molecule has 2 heterocycles. The lowest BCUT2D eigenvalue weighted by atomic mass is 10.2. The summed E-state index contributed by atoms with van der Waals surface area (Å²) in [6, 6.07) is 26.3. The number of hydrogen-bond acceptors (Lipinski definition) is 5. The fourth-order valence-corrected chi connectivity index (χ4v) is 2.79. The molecular weight excluding hydrogens is 376 g/mol. The van der Waals surface area contributed by atoms with Crippen molar-refractivity contribution in [2.75, 3.05) is 5.32 Å². The van der Waals surface area contributed by atoms with Gasteiger partial charge in [0.1, 0.15) is 17.2 Å². The molecule has 4 aromatic rings. The Balaban J connectivity index is 1.37. The zero-order valence-corrected chi connectivity index (χ0v) is 16.2. The van der Waals surface area contributed by atoms with E-state index in [-0.39, 0.29) is 5.91 Å². The predicted octanol–water partition coefficient (Wildman–Crippen LogP) is 4.94. The SMILES string of the molecule is O=C(NCc1ccccn1)c1cc(Nc2ccc(Oc3ccccc3)cc2)ccn1. The minimum atomic E-state index is -0.254. The van der Waals surface area contributed by atoms with Crippen molar-refractivity contribution in [3.63, 3.8) is 0 Å². The van der Waals surface area contributed by atoms with Crippen LogP contribution in [0.2, 0.25) is 0 Å². The van der Waals surface area contributed by atoms with Crippen LogP contribution < -0.4 is 15.4 Å². The van der Waals surface area contributed by atoms with Gasteiger partial charge in [-0.05, 0) is 60.7 Å². The second-order valence-electron chi connectivity index (χ2n) is 6.50. The molecule has 0 aliphatic heterocycles. The Kier molecular flexibility index (Phi) is 5.96. The van der Waals surface area contributed by atoms with Crippen molar-refractivity contribution in [3.8, 4) is 11.5 Å². The number of ether oxygens (including phenoxy) is 1. The van der Waals surface area contributed by atoms with Crippen molar-refractivity contribution in [1.29, 1.82) is 0 Å². The van der Waals surface area contributed by atoms with E-state index in [2.05, 4.69) is 20.6 Å². The van der Waals surface area contributed by atoms with Crippen LogP contribution in [-0.4, -0.2) is 15.9 Å². The van der Waals surface area contributed by atoms with E-state index in [0.29, 0.717) is 12.2 Å². The molecule has 6 heteroatoms. The molecule has 0 aliphatic rings. The number of pyridine rings is 2. The molecule has 1 amide bonds. The van der Waals surface area contributed by atoms with Gasteiger partial charge < -0.3 is 15.4 Å². The molecule has 30 heavy (non-hydrogen) atoms. The number of para-hydroxylation sites is 1. The van der Waals surface area contributed by atoms with Crippen molar-refractivity contribution >= 4 is 17.3 Å². The normalized spacial score (nSPS) is 10.3. The Morgan fingerprint density at radius 2 is 1.53 bits per heavy atom. The summed E-state index contributed by atoms with van der Waals surface area (Å²) >= 11 is 0. The maximum Gasteiger partial charge on any atom is 0.270 e. The first kappa shape index (κ1) is 19.1. The lowest BCUT2D eigenvalue weighted by molar-refractivity contribution is 0.0945. The summed E-state index contributed by atoms with van der Waals surface area (Å²) in [5, 5.41) is 6.10. The molecule has 2 N–H and O–H groups in total. The second-order valence-corrected chi connectivity index (χ2v) is 6.50. The second kappa shape index (κ2) is 9.34. The number of carbonyl (C=O) groups is 1. The molecule has 0 bridgehead atoms. The van der Waals surface area contributed by atoms with Gasteiger partial charge in [-0.15, -0.1) is 0 Å². The zero-order valence-electron chi connectivity index (χ0n) is 16.2. The molecule has 4 rings (SSSR count). The molecule has 0 atom stereocenters. The number of anilines is 2. The van der Waals surface area contributed by atoms with Crippen LogP contribution in [0.15, 0.2) is 97.3 Å². The molecule has 0 spiro atoms. The van der Waals surface area contributed by atoms with Gasteiger partial charge in [-0.3, -0.25) is 14.8 Å². The van der Waals surface area contributed by atoms with Crippen LogP contribution in [0.5, 0.6) is 11.5 Å². The predicted molar refractivity (Wildman–Crippen MR) is 116 cm³/mol. The number of nitrogens with one attached hydrogen (secondary N) is 2. The minimum Gasteiger partial charge on any atom is -0.457 e. The van der Waals surface area contributed by atoms with E-state index in [9.17, 15) is 4.79 Å². The largest absolute Gasteiger partial charge is 0.457 e. The number of rotatable bonds is 7. The standard InChI is InChI=1S/C24H20N4O2/c29-24(27-17-20-6-4-5-14-25-20)23-16-19(13-15-26-23)28-18-9-11-22(12-10-18)30-21-7-2-1-3-8-21/h1-16H,17H2,(H,26,28)(H,27,29). The Labute approximate surface area is 174 Å². The summed E-state index contributed by atoms with van der Waals surface area (Å²) in [4.78, 5) is 20.8. The van der Waals surface area contributed by atoms with Gasteiger partial charge in [-0.2, -0.15) is 0 Å². The maximum atomic E-state index is 12.4. The topological polar surface area (TPSA) is 76.1 Å². The van der Waals surface area contributed by atoms with E-state index >= 15 is 0 Å². The first-order chi connectivity index (χ1) is 14.8. The highest BCUT2D eigenvalue weighted by Crippen LogP contribution is 2.24. The van der Waals surface area contributed by atoms with Gasteiger partial charge in [-0.1, -0.05) is 24.3 Å². The lowest BCUT2D eigenvalue weighted by Gasteiger charge is -2.10.